The van der Waals surface area contributed by atoms with Gasteiger partial charge in [0.1, 0.15) is 12.1 Å². The van der Waals surface area contributed by atoms with Crippen LogP contribution in [-0.2, 0) is 18.4 Å². The fourth-order valence-corrected chi connectivity index (χ4v) is 6.48. The van der Waals surface area contributed by atoms with Crippen LogP contribution in [0.15, 0.2) is 0 Å². The number of nitrogens with one attached hydrogen (secondary N) is 1. The van der Waals surface area contributed by atoms with Crippen LogP contribution in [0.25, 0.3) is 0 Å². The van der Waals surface area contributed by atoms with E-state index in [-0.39, 0.29) is 34.0 Å². The lowest BCUT2D eigenvalue weighted by molar-refractivity contribution is -0.140. The second-order valence-corrected chi connectivity index (χ2v) is 22.7. The van der Waals surface area contributed by atoms with E-state index >= 15 is 0 Å². The van der Waals surface area contributed by atoms with Gasteiger partial charge in [0, 0.05) is 19.0 Å². The Bertz CT molecular complexity index is 698. The number of carbonyl (C=O) groups excluding carboxylic acids is 2. The quantitative estimate of drug-likeness (QED) is 0.359. The molecule has 0 radical (unpaired) electrons. The second-order valence-electron chi connectivity index (χ2n) is 13.2. The van der Waals surface area contributed by atoms with E-state index in [0.717, 1.165) is 19.3 Å². The van der Waals surface area contributed by atoms with Crippen LogP contribution in [0.2, 0.25) is 36.3 Å². The molecule has 1 aliphatic heterocycles. The molecule has 0 aromatic carbocycles. The fraction of sp³-hybridized carbons (Fsp3) is 0.923. The van der Waals surface area contributed by atoms with Gasteiger partial charge in [-0.3, -0.25) is 9.59 Å². The van der Waals surface area contributed by atoms with Gasteiger partial charge in [-0.15, -0.1) is 0 Å². The first kappa shape index (κ1) is 31.3. The number of amides is 2. The van der Waals surface area contributed by atoms with Crippen molar-refractivity contribution in [2.24, 2.45) is 0 Å². The highest BCUT2D eigenvalue weighted by Crippen LogP contribution is 2.43. The van der Waals surface area contributed by atoms with Gasteiger partial charge < -0.3 is 19.1 Å². The Morgan fingerprint density at radius 1 is 0.941 bits per heavy atom. The Hall–Kier alpha value is -0.706. The molecule has 1 fully saturated rings. The zero-order valence-corrected chi connectivity index (χ0v) is 26.4. The average Bonchev–Trinajstić information content (AvgIpc) is 2.97. The highest BCUT2D eigenvalue weighted by Gasteiger charge is 2.54. The fourth-order valence-electron chi connectivity index (χ4n) is 3.85. The van der Waals surface area contributed by atoms with E-state index in [1.165, 1.54) is 0 Å². The number of carbonyl (C=O) groups is 2. The zero-order valence-electron chi connectivity index (χ0n) is 24.4. The molecule has 1 N–H and O–H groups in total. The molecule has 2 amide bonds. The van der Waals surface area contributed by atoms with Gasteiger partial charge in [0.15, 0.2) is 16.6 Å². The van der Waals surface area contributed by atoms with E-state index in [9.17, 15) is 9.59 Å². The van der Waals surface area contributed by atoms with Crippen molar-refractivity contribution < 1.29 is 18.4 Å². The maximum atomic E-state index is 13.7. The lowest BCUT2D eigenvalue weighted by Crippen LogP contribution is -2.57. The summed E-state index contributed by atoms with van der Waals surface area (Å²) < 4.78 is 13.8. The van der Waals surface area contributed by atoms with Crippen LogP contribution in [0.3, 0.4) is 0 Å². The van der Waals surface area contributed by atoms with Gasteiger partial charge in [0.2, 0.25) is 11.8 Å². The molecule has 1 heterocycles. The third-order valence-corrected chi connectivity index (χ3v) is 17.0. The van der Waals surface area contributed by atoms with Gasteiger partial charge in [0.25, 0.3) is 0 Å². The summed E-state index contributed by atoms with van der Waals surface area (Å²) in [7, 11) is -4.40. The van der Waals surface area contributed by atoms with E-state index in [2.05, 4.69) is 80.0 Å². The monoisotopic (exact) mass is 514 g/mol. The minimum Gasteiger partial charge on any atom is -0.409 e. The minimum atomic E-state index is -2.24. The molecule has 1 aliphatic rings. The lowest BCUT2D eigenvalue weighted by atomic mass is 10.1. The van der Waals surface area contributed by atoms with E-state index in [4.69, 9.17) is 8.85 Å². The number of hydrogen-bond acceptors (Lipinski definition) is 4. The first-order valence-corrected chi connectivity index (χ1v) is 19.1. The maximum absolute atomic E-state index is 13.7. The molecule has 34 heavy (non-hydrogen) atoms. The molecule has 6 nitrogen and oxygen atoms in total. The van der Waals surface area contributed by atoms with Crippen LogP contribution in [0.1, 0.15) is 88.0 Å². The van der Waals surface area contributed by atoms with Crippen LogP contribution in [0, 0.1) is 0 Å². The molecule has 0 aromatic rings. The normalized spacial score (nSPS) is 23.2. The van der Waals surface area contributed by atoms with Crippen molar-refractivity contribution in [3.63, 3.8) is 0 Å². The van der Waals surface area contributed by atoms with Crippen molar-refractivity contribution >= 4 is 28.4 Å². The summed E-state index contributed by atoms with van der Waals surface area (Å²) in [6, 6.07) is -0.614. The standard InChI is InChI=1S/C26H54N2O4Si2/c1-14-16-19(3)27-24(30)22-23(32-34(12,13)26(7,8)9)20(18-28(22)21(29)17-15-2)31-33(10,11)25(4,5)6/h19-20,22-23H,14-18H2,1-13H3,(H,27,30)/t19?,20-,22?,23+/m0/s1. The molecule has 1 rings (SSSR count). The van der Waals surface area contributed by atoms with Crippen LogP contribution in [0.4, 0.5) is 0 Å². The van der Waals surface area contributed by atoms with Crippen LogP contribution < -0.4 is 5.32 Å². The van der Waals surface area contributed by atoms with Crippen LogP contribution in [-0.4, -0.2) is 64.2 Å². The van der Waals surface area contributed by atoms with E-state index in [1.807, 2.05) is 13.8 Å². The van der Waals surface area contributed by atoms with Gasteiger partial charge >= 0.3 is 0 Å². The number of likely N-dealkylation sites (tertiary alicyclic amines) is 1. The van der Waals surface area contributed by atoms with Crippen molar-refractivity contribution in [1.82, 2.24) is 10.2 Å². The molecule has 2 unspecified atom stereocenters. The summed E-state index contributed by atoms with van der Waals surface area (Å²) in [6.07, 6.45) is 2.29. The van der Waals surface area contributed by atoms with Crippen molar-refractivity contribution in [2.45, 2.75) is 149 Å². The summed E-state index contributed by atoms with van der Waals surface area (Å²) >= 11 is 0. The molecule has 0 bridgehead atoms. The van der Waals surface area contributed by atoms with Crippen molar-refractivity contribution in [3.8, 4) is 0 Å². The SMILES string of the molecule is CCCC(=O)N1C[C@H](O[Si](C)(C)C(C)(C)C)[C@@H](O[Si](C)(C)C(C)(C)C)C1C(=O)NC(C)CCC. The average molecular weight is 515 g/mol. The van der Waals surface area contributed by atoms with Gasteiger partial charge in [-0.2, -0.15) is 0 Å². The summed E-state index contributed by atoms with van der Waals surface area (Å²) in [5.41, 5.74) is 0. The highest BCUT2D eigenvalue weighted by molar-refractivity contribution is 6.74. The molecular formula is C26H54N2O4Si2. The van der Waals surface area contributed by atoms with Gasteiger partial charge in [-0.1, -0.05) is 61.8 Å². The summed E-state index contributed by atoms with van der Waals surface area (Å²) in [6.45, 7) is 28.7. The van der Waals surface area contributed by atoms with Crippen molar-refractivity contribution in [1.29, 1.82) is 0 Å². The molecule has 0 aliphatic carbocycles. The van der Waals surface area contributed by atoms with Gasteiger partial charge in [0.05, 0.1) is 6.10 Å². The first-order valence-electron chi connectivity index (χ1n) is 13.2. The molecular weight excluding hydrogens is 460 g/mol. The predicted octanol–water partition coefficient (Wildman–Crippen LogP) is 6.08. The van der Waals surface area contributed by atoms with Crippen LogP contribution >= 0.6 is 0 Å². The highest BCUT2D eigenvalue weighted by atomic mass is 28.4. The van der Waals surface area contributed by atoms with E-state index in [1.54, 1.807) is 4.90 Å². The van der Waals surface area contributed by atoms with Crippen molar-refractivity contribution in [3.05, 3.63) is 0 Å². The predicted molar refractivity (Wildman–Crippen MR) is 147 cm³/mol. The largest absolute Gasteiger partial charge is 0.409 e. The summed E-state index contributed by atoms with van der Waals surface area (Å²) in [5, 5.41) is 3.17. The van der Waals surface area contributed by atoms with E-state index in [0.29, 0.717) is 13.0 Å². The molecule has 4 atom stereocenters. The molecule has 200 valence electrons. The Kier molecular flexibility index (Phi) is 10.7. The zero-order chi connectivity index (χ0) is 26.7. The second kappa shape index (κ2) is 11.6. The van der Waals surface area contributed by atoms with Crippen LogP contribution in [0.5, 0.6) is 0 Å². The first-order chi connectivity index (χ1) is 15.3. The third kappa shape index (κ3) is 7.64. The van der Waals surface area contributed by atoms with Crippen molar-refractivity contribution in [2.75, 3.05) is 6.54 Å². The number of hydrogen-bond donors (Lipinski definition) is 1. The Morgan fingerprint density at radius 2 is 1.44 bits per heavy atom. The number of nitrogens with zero attached hydrogens (tertiary/aromatic N) is 1. The lowest BCUT2D eigenvalue weighted by Gasteiger charge is -2.43. The number of rotatable bonds is 10. The van der Waals surface area contributed by atoms with E-state index < -0.39 is 28.8 Å². The Labute approximate surface area is 212 Å². The molecule has 0 saturated carbocycles. The van der Waals surface area contributed by atoms with Gasteiger partial charge in [-0.25, -0.2) is 0 Å². The molecule has 1 saturated heterocycles. The smallest absolute Gasteiger partial charge is 0.245 e. The third-order valence-electron chi connectivity index (χ3n) is 8.04. The Morgan fingerprint density at radius 3 is 1.88 bits per heavy atom. The Balaban J connectivity index is 3.50. The van der Waals surface area contributed by atoms with Gasteiger partial charge in [-0.05, 0) is 56.0 Å². The molecule has 0 spiro atoms. The molecule has 0 aromatic heterocycles. The molecule has 8 heteroatoms. The minimum absolute atomic E-state index is 0.0101. The summed E-state index contributed by atoms with van der Waals surface area (Å²) in [5.74, 6) is -0.105. The topological polar surface area (TPSA) is 67.9 Å². The summed E-state index contributed by atoms with van der Waals surface area (Å²) in [4.78, 5) is 28.7. The maximum Gasteiger partial charge on any atom is 0.245 e.